The van der Waals surface area contributed by atoms with Gasteiger partial charge in [-0.25, -0.2) is 0 Å². The lowest BCUT2D eigenvalue weighted by Crippen LogP contribution is -1.81. The lowest BCUT2D eigenvalue weighted by atomic mass is 10.1. The average molecular weight is 202 g/mol. The van der Waals surface area contributed by atoms with E-state index in [1.165, 1.54) is 5.56 Å². The van der Waals surface area contributed by atoms with Crippen molar-refractivity contribution in [3.8, 4) is 11.5 Å². The molecule has 0 N–H and O–H groups in total. The first kappa shape index (κ1) is 9.90. The molecule has 3 nitrogen and oxygen atoms in total. The summed E-state index contributed by atoms with van der Waals surface area (Å²) in [5.41, 5.74) is 2.30. The molecule has 78 valence electrons. The van der Waals surface area contributed by atoms with Crippen molar-refractivity contribution in [3.05, 3.63) is 35.7 Å². The molecule has 15 heavy (non-hydrogen) atoms. The SMILES string of the molecule is CCc1ccc(-c2nnc(CC)o2)cc1. The Morgan fingerprint density at radius 2 is 1.73 bits per heavy atom. The van der Waals surface area contributed by atoms with E-state index in [1.807, 2.05) is 19.1 Å². The van der Waals surface area contributed by atoms with Gasteiger partial charge in [0.15, 0.2) is 0 Å². The maximum atomic E-state index is 5.47. The smallest absolute Gasteiger partial charge is 0.247 e. The van der Waals surface area contributed by atoms with E-state index >= 15 is 0 Å². The third kappa shape index (κ3) is 2.06. The highest BCUT2D eigenvalue weighted by Gasteiger charge is 2.06. The zero-order chi connectivity index (χ0) is 10.7. The highest BCUT2D eigenvalue weighted by atomic mass is 16.4. The second-order valence-electron chi connectivity index (χ2n) is 3.40. The normalized spacial score (nSPS) is 10.5. The summed E-state index contributed by atoms with van der Waals surface area (Å²) in [7, 11) is 0. The van der Waals surface area contributed by atoms with Crippen LogP contribution in [0.15, 0.2) is 28.7 Å². The van der Waals surface area contributed by atoms with Crippen molar-refractivity contribution in [1.82, 2.24) is 10.2 Å². The minimum absolute atomic E-state index is 0.606. The molecule has 0 bridgehead atoms. The molecule has 0 fully saturated rings. The Hall–Kier alpha value is -1.64. The van der Waals surface area contributed by atoms with Crippen LogP contribution >= 0.6 is 0 Å². The van der Waals surface area contributed by atoms with Crippen molar-refractivity contribution in [2.24, 2.45) is 0 Å². The number of nitrogens with zero attached hydrogens (tertiary/aromatic N) is 2. The molecule has 1 heterocycles. The van der Waals surface area contributed by atoms with Crippen LogP contribution in [0.4, 0.5) is 0 Å². The Kier molecular flexibility index (Phi) is 2.81. The van der Waals surface area contributed by atoms with Crippen LogP contribution in [0.2, 0.25) is 0 Å². The summed E-state index contributed by atoms with van der Waals surface area (Å²) in [6.45, 7) is 4.13. The van der Waals surface area contributed by atoms with Gasteiger partial charge in [0.1, 0.15) is 0 Å². The number of rotatable bonds is 3. The topological polar surface area (TPSA) is 38.9 Å². The summed E-state index contributed by atoms with van der Waals surface area (Å²) in [5, 5.41) is 7.93. The number of hydrogen-bond acceptors (Lipinski definition) is 3. The molecular formula is C12H14N2O. The average Bonchev–Trinajstić information content (AvgIpc) is 2.78. The highest BCUT2D eigenvalue weighted by molar-refractivity contribution is 5.52. The van der Waals surface area contributed by atoms with Crippen LogP contribution in [0.1, 0.15) is 25.3 Å². The van der Waals surface area contributed by atoms with E-state index in [4.69, 9.17) is 4.42 Å². The van der Waals surface area contributed by atoms with Crippen molar-refractivity contribution in [3.63, 3.8) is 0 Å². The van der Waals surface area contributed by atoms with E-state index < -0.39 is 0 Å². The van der Waals surface area contributed by atoms with E-state index in [0.717, 1.165) is 18.4 Å². The number of aryl methyl sites for hydroxylation is 2. The van der Waals surface area contributed by atoms with Crippen LogP contribution in [-0.2, 0) is 12.8 Å². The van der Waals surface area contributed by atoms with E-state index in [9.17, 15) is 0 Å². The second-order valence-corrected chi connectivity index (χ2v) is 3.40. The van der Waals surface area contributed by atoms with Gasteiger partial charge in [0.25, 0.3) is 0 Å². The lowest BCUT2D eigenvalue weighted by Gasteiger charge is -1.97. The third-order valence-corrected chi connectivity index (χ3v) is 2.38. The summed E-state index contributed by atoms with van der Waals surface area (Å²) in [4.78, 5) is 0. The van der Waals surface area contributed by atoms with Gasteiger partial charge < -0.3 is 4.42 Å². The molecule has 0 unspecified atom stereocenters. The Morgan fingerprint density at radius 3 is 2.27 bits per heavy atom. The molecule has 1 aromatic carbocycles. The van der Waals surface area contributed by atoms with Crippen molar-refractivity contribution >= 4 is 0 Å². The minimum atomic E-state index is 0.606. The molecule has 0 aliphatic rings. The first-order valence-electron chi connectivity index (χ1n) is 5.25. The lowest BCUT2D eigenvalue weighted by molar-refractivity contribution is 0.513. The van der Waals surface area contributed by atoms with Gasteiger partial charge in [0.05, 0.1) is 0 Å². The molecule has 2 rings (SSSR count). The predicted octanol–water partition coefficient (Wildman–Crippen LogP) is 2.86. The zero-order valence-corrected chi connectivity index (χ0v) is 9.03. The summed E-state index contributed by atoms with van der Waals surface area (Å²) in [6.07, 6.45) is 1.82. The zero-order valence-electron chi connectivity index (χ0n) is 9.03. The standard InChI is InChI=1S/C12H14N2O/c1-3-9-5-7-10(8-6-9)12-14-13-11(4-2)15-12/h5-8H,3-4H2,1-2H3. The van der Waals surface area contributed by atoms with Crippen molar-refractivity contribution in [1.29, 1.82) is 0 Å². The number of benzene rings is 1. The van der Waals surface area contributed by atoms with E-state index in [1.54, 1.807) is 0 Å². The summed E-state index contributed by atoms with van der Waals surface area (Å²) < 4.78 is 5.47. The van der Waals surface area contributed by atoms with Crippen molar-refractivity contribution in [2.45, 2.75) is 26.7 Å². The van der Waals surface area contributed by atoms with Crippen molar-refractivity contribution in [2.75, 3.05) is 0 Å². The molecule has 0 amide bonds. The van der Waals surface area contributed by atoms with E-state index in [0.29, 0.717) is 11.8 Å². The van der Waals surface area contributed by atoms with Crippen LogP contribution in [0.3, 0.4) is 0 Å². The molecule has 0 aliphatic heterocycles. The molecule has 0 aliphatic carbocycles. The van der Waals surface area contributed by atoms with Gasteiger partial charge in [0.2, 0.25) is 11.8 Å². The van der Waals surface area contributed by atoms with Crippen LogP contribution in [0.25, 0.3) is 11.5 Å². The van der Waals surface area contributed by atoms with Crippen LogP contribution in [0, 0.1) is 0 Å². The monoisotopic (exact) mass is 202 g/mol. The third-order valence-electron chi connectivity index (χ3n) is 2.38. The molecule has 2 aromatic rings. The Labute approximate surface area is 89.2 Å². The first-order chi connectivity index (χ1) is 7.33. The Bertz CT molecular complexity index is 431. The van der Waals surface area contributed by atoms with Crippen molar-refractivity contribution < 1.29 is 4.42 Å². The summed E-state index contributed by atoms with van der Waals surface area (Å²) >= 11 is 0. The second kappa shape index (κ2) is 4.26. The minimum Gasteiger partial charge on any atom is -0.421 e. The number of aromatic nitrogens is 2. The van der Waals surface area contributed by atoms with Crippen LogP contribution in [-0.4, -0.2) is 10.2 Å². The van der Waals surface area contributed by atoms with E-state index in [2.05, 4.69) is 29.3 Å². The molecule has 3 heteroatoms. The fourth-order valence-corrected chi connectivity index (χ4v) is 1.40. The summed E-state index contributed by atoms with van der Waals surface area (Å²) in [5.74, 6) is 1.29. The van der Waals surface area contributed by atoms with E-state index in [-0.39, 0.29) is 0 Å². The number of hydrogen-bond donors (Lipinski definition) is 0. The van der Waals surface area contributed by atoms with Gasteiger partial charge in [-0.15, -0.1) is 10.2 Å². The largest absolute Gasteiger partial charge is 0.421 e. The van der Waals surface area contributed by atoms with Gasteiger partial charge in [-0.1, -0.05) is 26.0 Å². The Morgan fingerprint density at radius 1 is 1.00 bits per heavy atom. The van der Waals surface area contributed by atoms with Gasteiger partial charge in [-0.3, -0.25) is 0 Å². The molecule has 0 atom stereocenters. The Balaban J connectivity index is 2.28. The summed E-state index contributed by atoms with van der Waals surface area (Å²) in [6, 6.07) is 8.22. The van der Waals surface area contributed by atoms with Gasteiger partial charge >= 0.3 is 0 Å². The van der Waals surface area contributed by atoms with Crippen LogP contribution < -0.4 is 0 Å². The maximum absolute atomic E-state index is 5.47. The highest BCUT2D eigenvalue weighted by Crippen LogP contribution is 2.18. The molecule has 1 aromatic heterocycles. The fraction of sp³-hybridized carbons (Fsp3) is 0.333. The first-order valence-corrected chi connectivity index (χ1v) is 5.25. The van der Waals surface area contributed by atoms with Gasteiger partial charge in [-0.05, 0) is 24.1 Å². The van der Waals surface area contributed by atoms with Crippen LogP contribution in [0.5, 0.6) is 0 Å². The molecule has 0 radical (unpaired) electrons. The quantitative estimate of drug-likeness (QED) is 0.768. The molecule has 0 saturated carbocycles. The van der Waals surface area contributed by atoms with Gasteiger partial charge in [0, 0.05) is 12.0 Å². The maximum Gasteiger partial charge on any atom is 0.247 e. The molecule has 0 spiro atoms. The fourth-order valence-electron chi connectivity index (χ4n) is 1.40. The predicted molar refractivity (Wildman–Crippen MR) is 58.5 cm³/mol. The van der Waals surface area contributed by atoms with Gasteiger partial charge in [-0.2, -0.15) is 0 Å². The molecular weight excluding hydrogens is 188 g/mol. The molecule has 0 saturated heterocycles.